The monoisotopic (exact) mass is 348 g/mol. The predicted molar refractivity (Wildman–Crippen MR) is 101 cm³/mol. The molecule has 0 bridgehead atoms. The number of fused-ring (bicyclic) bond motifs is 1. The Morgan fingerprint density at radius 3 is 2.00 bits per heavy atom. The number of carbonyl (C=O) groups is 2. The highest BCUT2D eigenvalue weighted by atomic mass is 16.4. The van der Waals surface area contributed by atoms with Crippen LogP contribution in [0.1, 0.15) is 33.3 Å². The Bertz CT molecular complexity index is 688. The average molecular weight is 348 g/mol. The molecule has 2 aromatic carbocycles. The maximum atomic E-state index is 10.7. The zero-order chi connectivity index (χ0) is 19.6. The summed E-state index contributed by atoms with van der Waals surface area (Å²) < 4.78 is 0. The van der Waals surface area contributed by atoms with Gasteiger partial charge in [0.1, 0.15) is 11.6 Å². The molecular formula is C19H28N2O4. The maximum absolute atomic E-state index is 10.7. The average Bonchev–Trinajstić information content (AvgIpc) is 2.56. The largest absolute Gasteiger partial charge is 0.480 e. The molecule has 0 saturated carbocycles. The molecule has 1 unspecified atom stereocenters. The van der Waals surface area contributed by atoms with Gasteiger partial charge < -0.3 is 21.7 Å². The summed E-state index contributed by atoms with van der Waals surface area (Å²) in [4.78, 5) is 20.6. The summed E-state index contributed by atoms with van der Waals surface area (Å²) in [5.74, 6) is -1.94. The topological polar surface area (TPSA) is 127 Å². The first-order valence-corrected chi connectivity index (χ1v) is 8.10. The van der Waals surface area contributed by atoms with Crippen LogP contribution in [-0.2, 0) is 16.0 Å². The van der Waals surface area contributed by atoms with Crippen LogP contribution in [0.25, 0.3) is 10.8 Å². The summed E-state index contributed by atoms with van der Waals surface area (Å²) in [6, 6.07) is 12.9. The van der Waals surface area contributed by atoms with Crippen LogP contribution in [0.3, 0.4) is 0 Å². The lowest BCUT2D eigenvalue weighted by molar-refractivity contribution is -0.142. The molecule has 2 aromatic rings. The fraction of sp³-hybridized carbons (Fsp3) is 0.368. The number of hydrogen-bond donors (Lipinski definition) is 4. The molecule has 0 fully saturated rings. The number of carboxylic acid groups (broad SMARTS) is 2. The summed E-state index contributed by atoms with van der Waals surface area (Å²) in [7, 11) is 0. The number of benzene rings is 2. The van der Waals surface area contributed by atoms with E-state index in [0.717, 1.165) is 16.3 Å². The highest BCUT2D eigenvalue weighted by Gasteiger charge is 2.19. The Morgan fingerprint density at radius 1 is 1.04 bits per heavy atom. The maximum Gasteiger partial charge on any atom is 0.323 e. The molecule has 0 radical (unpaired) electrons. The van der Waals surface area contributed by atoms with E-state index in [-0.39, 0.29) is 0 Å². The van der Waals surface area contributed by atoms with Crippen molar-refractivity contribution >= 4 is 22.7 Å². The van der Waals surface area contributed by atoms with Crippen molar-refractivity contribution in [3.63, 3.8) is 0 Å². The standard InChI is InChI=1S/C13H13NO2.C4H9NO2.C2H6/c14-12(13(15)16)8-10-6-3-5-9-4-1-2-7-11(9)10;1-4(2,5)3(6)7;1-2/h1-7,12H,8,14H2,(H,15,16);5H2,1-2H3,(H,6,7);1-2H3. The Kier molecular flexibility index (Phi) is 9.41. The highest BCUT2D eigenvalue weighted by Crippen LogP contribution is 2.19. The second-order valence-corrected chi connectivity index (χ2v) is 5.81. The number of carboxylic acids is 2. The minimum absolute atomic E-state index is 0.358. The van der Waals surface area contributed by atoms with Crippen molar-refractivity contribution in [1.29, 1.82) is 0 Å². The van der Waals surface area contributed by atoms with Crippen LogP contribution in [-0.4, -0.2) is 33.7 Å². The van der Waals surface area contributed by atoms with E-state index in [1.165, 1.54) is 13.8 Å². The highest BCUT2D eigenvalue weighted by molar-refractivity contribution is 5.86. The van der Waals surface area contributed by atoms with Crippen LogP contribution >= 0.6 is 0 Å². The van der Waals surface area contributed by atoms with Crippen molar-refractivity contribution in [2.75, 3.05) is 0 Å². The van der Waals surface area contributed by atoms with Gasteiger partial charge in [0.05, 0.1) is 0 Å². The lowest BCUT2D eigenvalue weighted by atomic mass is 9.99. The molecule has 1 atom stereocenters. The quantitative estimate of drug-likeness (QED) is 0.673. The van der Waals surface area contributed by atoms with Gasteiger partial charge in [-0.1, -0.05) is 56.3 Å². The molecule has 0 aliphatic rings. The fourth-order valence-electron chi connectivity index (χ4n) is 1.79. The van der Waals surface area contributed by atoms with Gasteiger partial charge in [0.2, 0.25) is 0 Å². The van der Waals surface area contributed by atoms with Crippen LogP contribution in [0.5, 0.6) is 0 Å². The number of rotatable bonds is 4. The van der Waals surface area contributed by atoms with E-state index in [2.05, 4.69) is 0 Å². The molecule has 0 aliphatic heterocycles. The molecule has 6 nitrogen and oxygen atoms in total. The van der Waals surface area contributed by atoms with E-state index in [0.29, 0.717) is 6.42 Å². The number of aliphatic carboxylic acids is 2. The zero-order valence-electron chi connectivity index (χ0n) is 15.2. The minimum atomic E-state index is -1.08. The van der Waals surface area contributed by atoms with E-state index in [9.17, 15) is 9.59 Å². The first-order chi connectivity index (χ1) is 11.6. The van der Waals surface area contributed by atoms with Crippen molar-refractivity contribution in [2.45, 2.75) is 45.7 Å². The van der Waals surface area contributed by atoms with Gasteiger partial charge in [-0.2, -0.15) is 0 Å². The van der Waals surface area contributed by atoms with Crippen molar-refractivity contribution in [3.8, 4) is 0 Å². The third-order valence-corrected chi connectivity index (χ3v) is 3.19. The third kappa shape index (κ3) is 7.78. The normalized spacial score (nSPS) is 11.4. The molecule has 2 rings (SSSR count). The van der Waals surface area contributed by atoms with E-state index < -0.39 is 23.5 Å². The second-order valence-electron chi connectivity index (χ2n) is 5.81. The summed E-state index contributed by atoms with van der Waals surface area (Å²) >= 11 is 0. The summed E-state index contributed by atoms with van der Waals surface area (Å²) in [6.07, 6.45) is 0.358. The van der Waals surface area contributed by atoms with Gasteiger partial charge in [0.25, 0.3) is 0 Å². The molecule has 0 aliphatic carbocycles. The van der Waals surface area contributed by atoms with Gasteiger partial charge in [0, 0.05) is 0 Å². The Labute approximate surface area is 148 Å². The van der Waals surface area contributed by atoms with E-state index in [1.807, 2.05) is 56.3 Å². The van der Waals surface area contributed by atoms with E-state index >= 15 is 0 Å². The molecule has 6 N–H and O–H groups in total. The van der Waals surface area contributed by atoms with Gasteiger partial charge >= 0.3 is 11.9 Å². The van der Waals surface area contributed by atoms with Crippen molar-refractivity contribution in [2.24, 2.45) is 11.5 Å². The van der Waals surface area contributed by atoms with Crippen molar-refractivity contribution < 1.29 is 19.8 Å². The molecule has 0 heterocycles. The van der Waals surface area contributed by atoms with Crippen LogP contribution in [0.4, 0.5) is 0 Å². The fourth-order valence-corrected chi connectivity index (χ4v) is 1.79. The van der Waals surface area contributed by atoms with Crippen molar-refractivity contribution in [1.82, 2.24) is 0 Å². The van der Waals surface area contributed by atoms with Crippen LogP contribution in [0, 0.1) is 0 Å². The smallest absolute Gasteiger partial charge is 0.323 e. The number of nitrogens with two attached hydrogens (primary N) is 2. The third-order valence-electron chi connectivity index (χ3n) is 3.19. The first-order valence-electron chi connectivity index (χ1n) is 8.10. The molecule has 0 spiro atoms. The van der Waals surface area contributed by atoms with Crippen LogP contribution in [0.2, 0.25) is 0 Å². The van der Waals surface area contributed by atoms with Gasteiger partial charge in [-0.05, 0) is 36.6 Å². The van der Waals surface area contributed by atoms with Crippen molar-refractivity contribution in [3.05, 3.63) is 48.0 Å². The van der Waals surface area contributed by atoms with E-state index in [4.69, 9.17) is 21.7 Å². The molecule has 138 valence electrons. The molecule has 0 aromatic heterocycles. The predicted octanol–water partition coefficient (Wildman–Crippen LogP) is 2.63. The Balaban J connectivity index is 0.000000544. The number of hydrogen-bond acceptors (Lipinski definition) is 4. The molecular weight excluding hydrogens is 320 g/mol. The zero-order valence-corrected chi connectivity index (χ0v) is 15.2. The molecule has 0 saturated heterocycles. The second kappa shape index (κ2) is 10.4. The lowest BCUT2D eigenvalue weighted by Gasteiger charge is -2.09. The van der Waals surface area contributed by atoms with Gasteiger partial charge in [-0.15, -0.1) is 0 Å². The summed E-state index contributed by atoms with van der Waals surface area (Å²) in [5, 5.41) is 19.1. The van der Waals surface area contributed by atoms with Gasteiger partial charge in [0.15, 0.2) is 0 Å². The van der Waals surface area contributed by atoms with Crippen LogP contribution in [0.15, 0.2) is 42.5 Å². The Morgan fingerprint density at radius 2 is 1.52 bits per heavy atom. The van der Waals surface area contributed by atoms with E-state index in [1.54, 1.807) is 0 Å². The molecule has 6 heteroatoms. The molecule has 0 amide bonds. The van der Waals surface area contributed by atoms with Gasteiger partial charge in [-0.3, -0.25) is 9.59 Å². The molecule has 25 heavy (non-hydrogen) atoms. The Hall–Kier alpha value is -2.44. The first kappa shape index (κ1) is 22.6. The SMILES string of the molecule is CC.CC(C)(N)C(=O)O.NC(Cc1cccc2ccccc12)C(=O)O. The lowest BCUT2D eigenvalue weighted by Crippen LogP contribution is -2.41. The van der Waals surface area contributed by atoms with Crippen LogP contribution < -0.4 is 11.5 Å². The minimum Gasteiger partial charge on any atom is -0.480 e. The van der Waals surface area contributed by atoms with Gasteiger partial charge in [-0.25, -0.2) is 0 Å². The summed E-state index contributed by atoms with van der Waals surface area (Å²) in [6.45, 7) is 6.88. The summed E-state index contributed by atoms with van der Waals surface area (Å²) in [5.41, 5.74) is 10.5.